The summed E-state index contributed by atoms with van der Waals surface area (Å²) in [5, 5.41) is 0. The maximum atomic E-state index is 12.5. The van der Waals surface area contributed by atoms with E-state index in [0.29, 0.717) is 12.1 Å². The van der Waals surface area contributed by atoms with Crippen molar-refractivity contribution in [3.63, 3.8) is 0 Å². The Balaban J connectivity index is 3.45. The number of rotatable bonds is 2. The van der Waals surface area contributed by atoms with Gasteiger partial charge in [-0.05, 0) is 30.7 Å². The van der Waals surface area contributed by atoms with Crippen molar-refractivity contribution >= 4 is 5.78 Å². The van der Waals surface area contributed by atoms with Gasteiger partial charge in [0.25, 0.3) is 0 Å². The number of carbonyl (C=O) groups excluding carboxylic acids is 1. The van der Waals surface area contributed by atoms with E-state index in [1.54, 1.807) is 0 Å². The van der Waals surface area contributed by atoms with E-state index >= 15 is 0 Å². The Morgan fingerprint density at radius 1 is 1.00 bits per heavy atom. The summed E-state index contributed by atoms with van der Waals surface area (Å²) in [6, 6.07) is -0.651. The van der Waals surface area contributed by atoms with Gasteiger partial charge in [-0.1, -0.05) is 0 Å². The Morgan fingerprint density at radius 2 is 1.37 bits per heavy atom. The number of nitrogens with two attached hydrogens (primary N) is 1. The van der Waals surface area contributed by atoms with Crippen LogP contribution in [0.4, 0.5) is 26.3 Å². The number of halogens is 6. The van der Waals surface area contributed by atoms with E-state index in [0.717, 1.165) is 6.92 Å². The van der Waals surface area contributed by atoms with Gasteiger partial charge in [0.2, 0.25) is 0 Å². The molecule has 1 atom stereocenters. The molecule has 106 valence electrons. The minimum atomic E-state index is -4.95. The Hall–Kier alpha value is -1.57. The van der Waals surface area contributed by atoms with Gasteiger partial charge < -0.3 is 5.73 Å². The first kappa shape index (κ1) is 15.5. The summed E-state index contributed by atoms with van der Waals surface area (Å²) >= 11 is 0. The second kappa shape index (κ2) is 4.84. The number of alkyl halides is 6. The minimum absolute atomic E-state index is 0.0175. The largest absolute Gasteiger partial charge is 0.416 e. The van der Waals surface area contributed by atoms with Crippen molar-refractivity contribution in [1.29, 1.82) is 0 Å². The van der Waals surface area contributed by atoms with Crippen molar-refractivity contribution < 1.29 is 31.1 Å². The van der Waals surface area contributed by atoms with Gasteiger partial charge in [-0.3, -0.25) is 4.79 Å². The van der Waals surface area contributed by atoms with Crippen molar-refractivity contribution in [3.05, 3.63) is 34.9 Å². The van der Waals surface area contributed by atoms with E-state index in [1.807, 2.05) is 0 Å². The lowest BCUT2D eigenvalue weighted by Crippen LogP contribution is -2.21. The van der Waals surface area contributed by atoms with Crippen LogP contribution >= 0.6 is 0 Å². The van der Waals surface area contributed by atoms with Gasteiger partial charge in [0.05, 0.1) is 17.2 Å². The van der Waals surface area contributed by atoms with Crippen molar-refractivity contribution in [2.45, 2.75) is 25.3 Å². The zero-order chi connectivity index (χ0) is 15.0. The van der Waals surface area contributed by atoms with Crippen LogP contribution in [0.1, 0.15) is 29.7 Å². The lowest BCUT2D eigenvalue weighted by molar-refractivity contribution is -0.143. The quantitative estimate of drug-likeness (QED) is 0.847. The molecule has 2 N–H and O–H groups in total. The van der Waals surface area contributed by atoms with Gasteiger partial charge in [-0.15, -0.1) is 0 Å². The topological polar surface area (TPSA) is 43.1 Å². The predicted molar refractivity (Wildman–Crippen MR) is 54.1 cm³/mol. The van der Waals surface area contributed by atoms with E-state index in [1.165, 1.54) is 0 Å². The maximum Gasteiger partial charge on any atom is 0.416 e. The number of ketones is 1. The Labute approximate surface area is 104 Å². The maximum absolute atomic E-state index is 12.5. The molecule has 1 unspecified atom stereocenters. The molecular formula is C11H9F6NO. The highest BCUT2D eigenvalue weighted by Gasteiger charge is 2.37. The van der Waals surface area contributed by atoms with Crippen LogP contribution in [0.2, 0.25) is 0 Å². The highest BCUT2D eigenvalue weighted by atomic mass is 19.4. The molecule has 0 aliphatic carbocycles. The number of benzene rings is 1. The summed E-state index contributed by atoms with van der Waals surface area (Å²) in [5.41, 5.74) is 1.78. The average Bonchev–Trinajstić information content (AvgIpc) is 2.24. The summed E-state index contributed by atoms with van der Waals surface area (Å²) in [6.07, 6.45) is -9.90. The molecule has 2 nitrogen and oxygen atoms in total. The van der Waals surface area contributed by atoms with Crippen LogP contribution in [-0.4, -0.2) is 5.78 Å². The fourth-order valence-electron chi connectivity index (χ4n) is 1.39. The van der Waals surface area contributed by atoms with Crippen LogP contribution < -0.4 is 5.73 Å². The number of hydrogen-bond acceptors (Lipinski definition) is 2. The third-order valence-corrected chi connectivity index (χ3v) is 2.41. The first-order valence-electron chi connectivity index (χ1n) is 4.98. The van der Waals surface area contributed by atoms with E-state index < -0.39 is 40.9 Å². The highest BCUT2D eigenvalue weighted by Crippen LogP contribution is 2.37. The third kappa shape index (κ3) is 3.69. The smallest absolute Gasteiger partial charge is 0.318 e. The number of carbonyl (C=O) groups is 1. The Bertz CT molecular complexity index is 459. The summed E-state index contributed by atoms with van der Waals surface area (Å²) in [7, 11) is 0. The molecule has 0 aromatic heterocycles. The van der Waals surface area contributed by atoms with Crippen molar-refractivity contribution in [2.24, 2.45) is 5.73 Å². The Morgan fingerprint density at radius 3 is 1.63 bits per heavy atom. The SMILES string of the molecule is CC(=O)C(N)c1cc(C(F)(F)F)cc(C(F)(F)F)c1. The number of Topliss-reactive ketones (excluding diaryl/α,β-unsaturated/α-hetero) is 1. The van der Waals surface area contributed by atoms with Gasteiger partial charge in [0.1, 0.15) is 0 Å². The van der Waals surface area contributed by atoms with Crippen LogP contribution in [0.25, 0.3) is 0 Å². The predicted octanol–water partition coefficient (Wildman–Crippen LogP) is 3.31. The first-order chi connectivity index (χ1) is 8.43. The summed E-state index contributed by atoms with van der Waals surface area (Å²) in [4.78, 5) is 11.0. The van der Waals surface area contributed by atoms with Crippen molar-refractivity contribution in [3.8, 4) is 0 Å². The normalized spacial score (nSPS) is 14.3. The molecule has 0 amide bonds. The van der Waals surface area contributed by atoms with Gasteiger partial charge in [0.15, 0.2) is 5.78 Å². The third-order valence-electron chi connectivity index (χ3n) is 2.41. The van der Waals surface area contributed by atoms with E-state index in [2.05, 4.69) is 0 Å². The second-order valence-corrected chi connectivity index (χ2v) is 3.93. The van der Waals surface area contributed by atoms with E-state index in [-0.39, 0.29) is 6.07 Å². The summed E-state index contributed by atoms with van der Waals surface area (Å²) < 4.78 is 75.0. The molecule has 0 bridgehead atoms. The average molecular weight is 285 g/mol. The van der Waals surface area contributed by atoms with E-state index in [9.17, 15) is 31.1 Å². The van der Waals surface area contributed by atoms with Crippen molar-refractivity contribution in [2.75, 3.05) is 0 Å². The van der Waals surface area contributed by atoms with Gasteiger partial charge >= 0.3 is 12.4 Å². The molecule has 0 heterocycles. The highest BCUT2D eigenvalue weighted by molar-refractivity contribution is 5.82. The molecule has 0 spiro atoms. The lowest BCUT2D eigenvalue weighted by atomic mass is 9.98. The van der Waals surface area contributed by atoms with Crippen LogP contribution in [0.15, 0.2) is 18.2 Å². The minimum Gasteiger partial charge on any atom is -0.318 e. The molecule has 0 aliphatic heterocycles. The molecule has 1 rings (SSSR count). The number of hydrogen-bond donors (Lipinski definition) is 1. The first-order valence-corrected chi connectivity index (χ1v) is 4.98. The molecule has 19 heavy (non-hydrogen) atoms. The molecule has 8 heteroatoms. The zero-order valence-corrected chi connectivity index (χ0v) is 9.56. The van der Waals surface area contributed by atoms with Crippen LogP contribution in [0, 0.1) is 0 Å². The summed E-state index contributed by atoms with van der Waals surface area (Å²) in [5.74, 6) is -0.729. The zero-order valence-electron chi connectivity index (χ0n) is 9.56. The molecule has 0 radical (unpaired) electrons. The standard InChI is InChI=1S/C11H9F6NO/c1-5(19)9(18)6-2-7(10(12,13)14)4-8(3-6)11(15,16)17/h2-4,9H,18H2,1H3. The monoisotopic (exact) mass is 285 g/mol. The second-order valence-electron chi connectivity index (χ2n) is 3.93. The molecule has 0 fully saturated rings. The van der Waals surface area contributed by atoms with Gasteiger partial charge in [-0.25, -0.2) is 0 Å². The van der Waals surface area contributed by atoms with Crippen LogP contribution in [0.5, 0.6) is 0 Å². The Kier molecular flexibility index (Phi) is 3.94. The fraction of sp³-hybridized carbons (Fsp3) is 0.364. The molecular weight excluding hydrogens is 276 g/mol. The molecule has 0 saturated carbocycles. The van der Waals surface area contributed by atoms with Crippen LogP contribution in [-0.2, 0) is 17.1 Å². The van der Waals surface area contributed by atoms with E-state index in [4.69, 9.17) is 5.73 Å². The van der Waals surface area contributed by atoms with Crippen LogP contribution in [0.3, 0.4) is 0 Å². The van der Waals surface area contributed by atoms with Gasteiger partial charge in [-0.2, -0.15) is 26.3 Å². The molecule has 0 saturated heterocycles. The summed E-state index contributed by atoms with van der Waals surface area (Å²) in [6.45, 7) is 0.984. The lowest BCUT2D eigenvalue weighted by Gasteiger charge is -2.16. The van der Waals surface area contributed by atoms with Crippen molar-refractivity contribution in [1.82, 2.24) is 0 Å². The fourth-order valence-corrected chi connectivity index (χ4v) is 1.39. The van der Waals surface area contributed by atoms with Gasteiger partial charge in [0, 0.05) is 0 Å². The molecule has 0 aliphatic rings. The molecule has 1 aromatic rings. The molecule has 1 aromatic carbocycles.